The third-order valence-electron chi connectivity index (χ3n) is 1.77. The van der Waals surface area contributed by atoms with Crippen molar-refractivity contribution in [2.45, 2.75) is 12.1 Å². The van der Waals surface area contributed by atoms with Gasteiger partial charge in [-0.05, 0) is 0 Å². The van der Waals surface area contributed by atoms with Crippen LogP contribution in [0, 0.1) is 0 Å². The van der Waals surface area contributed by atoms with Crippen molar-refractivity contribution in [3.8, 4) is 0 Å². The molecule has 0 rings (SSSR count). The van der Waals surface area contributed by atoms with Gasteiger partial charge in [0.05, 0.1) is 0 Å². The Morgan fingerprint density at radius 1 is 1.06 bits per heavy atom. The monoisotopic (exact) mass is 245 g/mol. The Morgan fingerprint density at radius 3 is 1.50 bits per heavy atom. The Labute approximate surface area is 97.3 Å². The fourth-order valence-corrected chi connectivity index (χ4v) is 1.33. The molecule has 0 fully saturated rings. The number of thiol groups is 1. The largest absolute Gasteiger partial charge is 0.479 e. The van der Waals surface area contributed by atoms with Crippen molar-refractivity contribution in [3.05, 3.63) is 25.3 Å². The number of carbonyl (C=O) groups excluding carboxylic acids is 1. The Morgan fingerprint density at radius 2 is 1.38 bits per heavy atom. The highest BCUT2D eigenvalue weighted by atomic mass is 32.1. The molecular weight excluding hydrogens is 234 g/mol. The Bertz CT molecular complexity index is 315. The topological polar surface area (TPSA) is 94.9 Å². The Balaban J connectivity index is 5.34. The summed E-state index contributed by atoms with van der Waals surface area (Å²) < 4.78 is 0. The average Bonchev–Trinajstić information content (AvgIpc) is 2.16. The molecule has 0 aromatic carbocycles. The van der Waals surface area contributed by atoms with Crippen molar-refractivity contribution in [2.24, 2.45) is 0 Å². The molecule has 2 N–H and O–H groups in total. The molecule has 0 spiro atoms. The maximum Gasteiger partial charge on any atom is 0.330 e. The van der Waals surface area contributed by atoms with E-state index < -0.39 is 29.3 Å². The van der Waals surface area contributed by atoms with Crippen LogP contribution < -0.4 is 0 Å². The molecule has 6 nitrogen and oxygen atoms in total. The molecule has 0 bridgehead atoms. The van der Waals surface area contributed by atoms with E-state index in [1.807, 2.05) is 0 Å². The second-order valence-corrected chi connectivity index (χ2v) is 3.11. The molecule has 0 aliphatic rings. The van der Waals surface area contributed by atoms with Gasteiger partial charge in [-0.25, -0.2) is 9.59 Å². The van der Waals surface area contributed by atoms with Crippen molar-refractivity contribution < 1.29 is 24.6 Å². The zero-order valence-electron chi connectivity index (χ0n) is 8.24. The molecule has 0 aromatic heterocycles. The first-order valence-electron chi connectivity index (χ1n) is 4.08. The molecule has 0 heterocycles. The first-order valence-corrected chi connectivity index (χ1v) is 4.53. The van der Waals surface area contributed by atoms with E-state index in [1.54, 1.807) is 0 Å². The van der Waals surface area contributed by atoms with Crippen molar-refractivity contribution >= 4 is 29.8 Å². The van der Waals surface area contributed by atoms with Crippen molar-refractivity contribution in [1.29, 1.82) is 0 Å². The van der Waals surface area contributed by atoms with Gasteiger partial charge in [-0.2, -0.15) is 0 Å². The predicted octanol–water partition coefficient (Wildman–Crippen LogP) is 0.617. The summed E-state index contributed by atoms with van der Waals surface area (Å²) in [7, 11) is 0. The molecule has 0 saturated heterocycles. The zero-order chi connectivity index (χ0) is 12.9. The highest BCUT2D eigenvalue weighted by molar-refractivity contribution is 7.96. The fourth-order valence-electron chi connectivity index (χ4n) is 1.08. The fraction of sp³-hybridized carbons (Fsp3) is 0.222. The number of aliphatic carboxylic acids is 2. The molecule has 0 radical (unpaired) electrons. The summed E-state index contributed by atoms with van der Waals surface area (Å²) in [6, 6.07) is -2.94. The normalized spacial score (nSPS) is 13.3. The van der Waals surface area contributed by atoms with E-state index in [0.717, 1.165) is 12.2 Å². The first kappa shape index (κ1) is 14.2. The number of hydrogen-bond acceptors (Lipinski definition) is 3. The van der Waals surface area contributed by atoms with Gasteiger partial charge in [0.25, 0.3) is 5.24 Å². The van der Waals surface area contributed by atoms with Gasteiger partial charge in [-0.3, -0.25) is 9.69 Å². The van der Waals surface area contributed by atoms with E-state index in [-0.39, 0.29) is 0 Å². The van der Waals surface area contributed by atoms with E-state index in [9.17, 15) is 14.4 Å². The summed E-state index contributed by atoms with van der Waals surface area (Å²) >= 11 is 3.43. The van der Waals surface area contributed by atoms with Gasteiger partial charge in [0.2, 0.25) is 0 Å². The van der Waals surface area contributed by atoms with Crippen LogP contribution in [0.15, 0.2) is 25.3 Å². The maximum absolute atomic E-state index is 11.1. The van der Waals surface area contributed by atoms with E-state index in [0.29, 0.717) is 4.90 Å². The average molecular weight is 245 g/mol. The lowest BCUT2D eigenvalue weighted by Crippen LogP contribution is -2.50. The SMILES string of the molecule is C=CC(C(=O)O)N(C(=O)S)C(C=C)C(=O)O. The van der Waals surface area contributed by atoms with Gasteiger partial charge in [-0.1, -0.05) is 24.8 Å². The second-order valence-electron chi connectivity index (χ2n) is 2.73. The maximum atomic E-state index is 11.1. The summed E-state index contributed by atoms with van der Waals surface area (Å²) in [5.74, 6) is -2.80. The number of carbonyl (C=O) groups is 3. The number of carboxylic acids is 2. The van der Waals surface area contributed by atoms with E-state index >= 15 is 0 Å². The van der Waals surface area contributed by atoms with Crippen LogP contribution in [0.5, 0.6) is 0 Å². The number of nitrogens with zero attached hydrogens (tertiary/aromatic N) is 1. The third kappa shape index (κ3) is 3.13. The molecule has 0 aromatic rings. The van der Waals surface area contributed by atoms with Crippen LogP contribution in [-0.4, -0.2) is 44.4 Å². The smallest absolute Gasteiger partial charge is 0.330 e. The summed E-state index contributed by atoms with van der Waals surface area (Å²) in [5.41, 5.74) is 0. The molecule has 0 aliphatic heterocycles. The molecule has 1 amide bonds. The van der Waals surface area contributed by atoms with Crippen molar-refractivity contribution in [3.63, 3.8) is 0 Å². The van der Waals surface area contributed by atoms with Gasteiger partial charge in [0, 0.05) is 0 Å². The standard InChI is InChI=1S/C9H11NO5S/c1-3-5(7(11)12)10(9(15)16)6(4-2)8(13)14/h3-6H,1-2H2,(H,11,12)(H,13,14)(H,15,16). The molecule has 88 valence electrons. The summed E-state index contributed by atoms with van der Waals surface area (Å²) in [4.78, 5) is 33.3. The molecule has 7 heteroatoms. The van der Waals surface area contributed by atoms with E-state index in [1.165, 1.54) is 0 Å². The minimum atomic E-state index is -1.47. The third-order valence-corrected chi connectivity index (χ3v) is 2.00. The lowest BCUT2D eigenvalue weighted by atomic mass is 10.2. The summed E-state index contributed by atoms with van der Waals surface area (Å²) in [6.45, 7) is 6.45. The quantitative estimate of drug-likeness (QED) is 0.471. The Kier molecular flexibility index (Phi) is 5.31. The van der Waals surface area contributed by atoms with Gasteiger partial charge >= 0.3 is 11.9 Å². The predicted molar refractivity (Wildman–Crippen MR) is 59.5 cm³/mol. The van der Waals surface area contributed by atoms with E-state index in [4.69, 9.17) is 10.2 Å². The van der Waals surface area contributed by atoms with Crippen LogP contribution in [0.2, 0.25) is 0 Å². The van der Waals surface area contributed by atoms with Crippen LogP contribution >= 0.6 is 12.6 Å². The second kappa shape index (κ2) is 5.96. The van der Waals surface area contributed by atoms with Crippen LogP contribution in [0.1, 0.15) is 0 Å². The summed E-state index contributed by atoms with van der Waals surface area (Å²) in [5, 5.41) is 16.6. The molecule has 2 atom stereocenters. The Hall–Kier alpha value is -1.76. The molecule has 16 heavy (non-hydrogen) atoms. The first-order chi connectivity index (χ1) is 7.36. The van der Waals surface area contributed by atoms with Gasteiger partial charge in [0.1, 0.15) is 12.1 Å². The highest BCUT2D eigenvalue weighted by Crippen LogP contribution is 2.12. The van der Waals surface area contributed by atoms with Gasteiger partial charge in [-0.15, -0.1) is 13.2 Å². The molecular formula is C9H11NO5S. The summed E-state index contributed by atoms with van der Waals surface area (Å²) in [6.07, 6.45) is 1.88. The van der Waals surface area contributed by atoms with Crippen molar-refractivity contribution in [1.82, 2.24) is 4.90 Å². The minimum Gasteiger partial charge on any atom is -0.479 e. The molecule has 0 saturated carbocycles. The number of carboxylic acid groups (broad SMARTS) is 2. The zero-order valence-corrected chi connectivity index (χ0v) is 9.13. The number of rotatable bonds is 6. The number of hydrogen-bond donors (Lipinski definition) is 3. The van der Waals surface area contributed by atoms with E-state index in [2.05, 4.69) is 25.8 Å². The lowest BCUT2D eigenvalue weighted by molar-refractivity contribution is -0.144. The van der Waals surface area contributed by atoms with Crippen LogP contribution in [0.3, 0.4) is 0 Å². The van der Waals surface area contributed by atoms with Crippen LogP contribution in [-0.2, 0) is 9.59 Å². The lowest BCUT2D eigenvalue weighted by Gasteiger charge is -2.28. The van der Waals surface area contributed by atoms with Crippen LogP contribution in [0.25, 0.3) is 0 Å². The van der Waals surface area contributed by atoms with Crippen molar-refractivity contribution in [2.75, 3.05) is 0 Å². The molecule has 2 unspecified atom stereocenters. The van der Waals surface area contributed by atoms with Crippen LogP contribution in [0.4, 0.5) is 4.79 Å². The van der Waals surface area contributed by atoms with Gasteiger partial charge in [0.15, 0.2) is 0 Å². The highest BCUT2D eigenvalue weighted by Gasteiger charge is 2.34. The number of amides is 1. The molecule has 0 aliphatic carbocycles. The minimum absolute atomic E-state index is 0.549. The van der Waals surface area contributed by atoms with Gasteiger partial charge < -0.3 is 10.2 Å².